The molecule has 88 valence electrons. The van der Waals surface area contributed by atoms with Crippen LogP contribution >= 0.6 is 0 Å². The largest absolute Gasteiger partial charge is 0.384 e. The number of nitrogen functional groups attached to an aromatic ring is 1. The highest BCUT2D eigenvalue weighted by molar-refractivity contribution is 5.79. The van der Waals surface area contributed by atoms with E-state index >= 15 is 0 Å². The van der Waals surface area contributed by atoms with Gasteiger partial charge in [-0.15, -0.1) is 0 Å². The zero-order valence-electron chi connectivity index (χ0n) is 10.4. The van der Waals surface area contributed by atoms with Crippen LogP contribution in [0.1, 0.15) is 5.69 Å². The van der Waals surface area contributed by atoms with E-state index in [4.69, 9.17) is 5.73 Å². The van der Waals surface area contributed by atoms with Crippen LogP contribution in [0.3, 0.4) is 0 Å². The summed E-state index contributed by atoms with van der Waals surface area (Å²) in [5.74, 6) is 0.564. The number of hydrogen-bond donors (Lipinski definition) is 1. The van der Waals surface area contributed by atoms with Gasteiger partial charge in [-0.05, 0) is 25.1 Å². The Labute approximate surface area is 102 Å². The Morgan fingerprint density at radius 2 is 1.71 bits per heavy atom. The molecule has 0 saturated carbocycles. The molecule has 0 aliphatic heterocycles. The molecule has 2 aromatic rings. The van der Waals surface area contributed by atoms with Gasteiger partial charge in [-0.25, -0.2) is 4.98 Å². The number of aromatic nitrogens is 1. The van der Waals surface area contributed by atoms with Gasteiger partial charge in [0, 0.05) is 36.6 Å². The molecule has 3 heteroatoms. The molecule has 17 heavy (non-hydrogen) atoms. The third kappa shape index (κ3) is 2.23. The van der Waals surface area contributed by atoms with Gasteiger partial charge in [0.25, 0.3) is 0 Å². The molecular weight excluding hydrogens is 210 g/mol. The highest BCUT2D eigenvalue weighted by Gasteiger charge is 2.09. The van der Waals surface area contributed by atoms with Gasteiger partial charge in [0.2, 0.25) is 0 Å². The second kappa shape index (κ2) is 4.45. The van der Waals surface area contributed by atoms with Gasteiger partial charge in [0.15, 0.2) is 0 Å². The van der Waals surface area contributed by atoms with Crippen LogP contribution < -0.4 is 10.6 Å². The van der Waals surface area contributed by atoms with Gasteiger partial charge in [0.1, 0.15) is 5.82 Å². The Kier molecular flexibility index (Phi) is 3.00. The van der Waals surface area contributed by atoms with Crippen LogP contribution in [0.15, 0.2) is 36.4 Å². The number of benzene rings is 1. The lowest BCUT2D eigenvalue weighted by atomic mass is 10.0. The lowest BCUT2D eigenvalue weighted by Gasteiger charge is -2.18. The van der Waals surface area contributed by atoms with Gasteiger partial charge in [-0.2, -0.15) is 0 Å². The summed E-state index contributed by atoms with van der Waals surface area (Å²) in [6.07, 6.45) is 0. The SMILES string of the molecule is Cc1nc(N)ccc1-c1ccccc1N(C)C. The monoisotopic (exact) mass is 227 g/mol. The Balaban J connectivity index is 2.60. The Morgan fingerprint density at radius 1 is 1.00 bits per heavy atom. The molecule has 0 saturated heterocycles. The lowest BCUT2D eigenvalue weighted by molar-refractivity contribution is 1.13. The van der Waals surface area contributed by atoms with Crippen LogP contribution in [0.25, 0.3) is 11.1 Å². The molecule has 0 fully saturated rings. The van der Waals surface area contributed by atoms with Gasteiger partial charge in [-0.3, -0.25) is 0 Å². The first-order valence-electron chi connectivity index (χ1n) is 5.59. The molecule has 1 heterocycles. The molecule has 0 bridgehead atoms. The van der Waals surface area contributed by atoms with Crippen LogP contribution in [0.4, 0.5) is 11.5 Å². The topological polar surface area (TPSA) is 42.1 Å². The molecule has 0 aliphatic rings. The van der Waals surface area contributed by atoms with Crippen molar-refractivity contribution in [3.63, 3.8) is 0 Å². The average molecular weight is 227 g/mol. The Bertz CT molecular complexity index is 533. The van der Waals surface area contributed by atoms with Crippen molar-refractivity contribution in [3.8, 4) is 11.1 Å². The number of hydrogen-bond acceptors (Lipinski definition) is 3. The maximum absolute atomic E-state index is 5.68. The zero-order chi connectivity index (χ0) is 12.4. The summed E-state index contributed by atoms with van der Waals surface area (Å²) in [7, 11) is 4.08. The third-order valence-corrected chi connectivity index (χ3v) is 2.78. The quantitative estimate of drug-likeness (QED) is 0.857. The summed E-state index contributed by atoms with van der Waals surface area (Å²) >= 11 is 0. The summed E-state index contributed by atoms with van der Waals surface area (Å²) in [6.45, 7) is 1.98. The molecule has 3 nitrogen and oxygen atoms in total. The minimum absolute atomic E-state index is 0.564. The van der Waals surface area contributed by atoms with Crippen molar-refractivity contribution >= 4 is 11.5 Å². The number of pyridine rings is 1. The van der Waals surface area contributed by atoms with Crippen LogP contribution in [-0.2, 0) is 0 Å². The van der Waals surface area contributed by atoms with Crippen molar-refractivity contribution in [1.29, 1.82) is 0 Å². The van der Waals surface area contributed by atoms with Crippen molar-refractivity contribution in [2.24, 2.45) is 0 Å². The average Bonchev–Trinajstić information content (AvgIpc) is 2.29. The van der Waals surface area contributed by atoms with E-state index in [-0.39, 0.29) is 0 Å². The summed E-state index contributed by atoms with van der Waals surface area (Å²) in [5.41, 5.74) is 10.1. The fourth-order valence-corrected chi connectivity index (χ4v) is 1.96. The first-order valence-corrected chi connectivity index (χ1v) is 5.59. The Morgan fingerprint density at radius 3 is 2.35 bits per heavy atom. The van der Waals surface area contributed by atoms with Crippen LogP contribution in [-0.4, -0.2) is 19.1 Å². The zero-order valence-corrected chi connectivity index (χ0v) is 10.4. The second-order valence-electron chi connectivity index (χ2n) is 4.28. The second-order valence-corrected chi connectivity index (χ2v) is 4.28. The van der Waals surface area contributed by atoms with Crippen LogP contribution in [0.5, 0.6) is 0 Å². The summed E-state index contributed by atoms with van der Waals surface area (Å²) in [5, 5.41) is 0. The fraction of sp³-hybridized carbons (Fsp3) is 0.214. The van der Waals surface area contributed by atoms with E-state index in [0.717, 1.165) is 11.3 Å². The van der Waals surface area contributed by atoms with E-state index in [2.05, 4.69) is 22.0 Å². The molecule has 1 aromatic heterocycles. The molecule has 0 radical (unpaired) electrons. The van der Waals surface area contributed by atoms with Crippen molar-refractivity contribution in [1.82, 2.24) is 4.98 Å². The van der Waals surface area contributed by atoms with E-state index in [1.807, 2.05) is 45.3 Å². The number of para-hydroxylation sites is 1. The van der Waals surface area contributed by atoms with E-state index in [1.54, 1.807) is 0 Å². The third-order valence-electron chi connectivity index (χ3n) is 2.78. The molecule has 0 spiro atoms. The lowest BCUT2D eigenvalue weighted by Crippen LogP contribution is -2.10. The van der Waals surface area contributed by atoms with E-state index in [1.165, 1.54) is 11.3 Å². The summed E-state index contributed by atoms with van der Waals surface area (Å²) in [6, 6.07) is 12.2. The van der Waals surface area contributed by atoms with Gasteiger partial charge in [-0.1, -0.05) is 18.2 Å². The standard InChI is InChI=1S/C14H17N3/c1-10-11(8-9-14(15)16-10)12-6-4-5-7-13(12)17(2)3/h4-9H,1-3H3,(H2,15,16). The fourth-order valence-electron chi connectivity index (χ4n) is 1.96. The van der Waals surface area contributed by atoms with E-state index < -0.39 is 0 Å². The normalized spacial score (nSPS) is 10.3. The predicted octanol–water partition coefficient (Wildman–Crippen LogP) is 2.71. The molecule has 0 amide bonds. The van der Waals surface area contributed by atoms with Gasteiger partial charge in [0.05, 0.1) is 0 Å². The van der Waals surface area contributed by atoms with Crippen molar-refractivity contribution in [2.75, 3.05) is 24.7 Å². The van der Waals surface area contributed by atoms with E-state index in [0.29, 0.717) is 5.82 Å². The number of nitrogens with zero attached hydrogens (tertiary/aromatic N) is 2. The van der Waals surface area contributed by atoms with Crippen molar-refractivity contribution in [2.45, 2.75) is 6.92 Å². The molecular formula is C14H17N3. The first-order chi connectivity index (χ1) is 8.09. The maximum atomic E-state index is 5.68. The molecule has 1 aromatic carbocycles. The van der Waals surface area contributed by atoms with Crippen LogP contribution in [0.2, 0.25) is 0 Å². The van der Waals surface area contributed by atoms with Gasteiger partial charge >= 0.3 is 0 Å². The van der Waals surface area contributed by atoms with Crippen molar-refractivity contribution in [3.05, 3.63) is 42.1 Å². The molecule has 0 aliphatic carbocycles. The maximum Gasteiger partial charge on any atom is 0.123 e. The molecule has 2 N–H and O–H groups in total. The minimum Gasteiger partial charge on any atom is -0.384 e. The van der Waals surface area contributed by atoms with Crippen LogP contribution in [0, 0.1) is 6.92 Å². The number of rotatable bonds is 2. The molecule has 0 atom stereocenters. The highest BCUT2D eigenvalue weighted by atomic mass is 15.1. The molecule has 2 rings (SSSR count). The number of nitrogens with two attached hydrogens (primary N) is 1. The van der Waals surface area contributed by atoms with Crippen molar-refractivity contribution < 1.29 is 0 Å². The van der Waals surface area contributed by atoms with Gasteiger partial charge < -0.3 is 10.6 Å². The Hall–Kier alpha value is -2.03. The highest BCUT2D eigenvalue weighted by Crippen LogP contribution is 2.31. The minimum atomic E-state index is 0.564. The number of anilines is 2. The van der Waals surface area contributed by atoms with E-state index in [9.17, 15) is 0 Å². The summed E-state index contributed by atoms with van der Waals surface area (Å²) in [4.78, 5) is 6.41. The summed E-state index contributed by atoms with van der Waals surface area (Å²) < 4.78 is 0. The smallest absolute Gasteiger partial charge is 0.123 e. The first kappa shape index (κ1) is 11.5. The number of aryl methyl sites for hydroxylation is 1. The predicted molar refractivity (Wildman–Crippen MR) is 73.1 cm³/mol. The molecule has 0 unspecified atom stereocenters.